The molecule has 4 heteroatoms. The van der Waals surface area contributed by atoms with E-state index in [0.29, 0.717) is 7.25 Å². The molecule has 36 heavy (non-hydrogen) atoms. The Labute approximate surface area is 229 Å². The van der Waals surface area contributed by atoms with Crippen LogP contribution in [0.1, 0.15) is 35.1 Å². The van der Waals surface area contributed by atoms with Gasteiger partial charge in [-0.05, 0) is 0 Å². The number of benzene rings is 4. The van der Waals surface area contributed by atoms with E-state index in [4.69, 9.17) is 0 Å². The Balaban J connectivity index is 0.00000152. The van der Waals surface area contributed by atoms with Crippen molar-refractivity contribution in [3.05, 3.63) is 137 Å². The van der Waals surface area contributed by atoms with Crippen LogP contribution in [0.25, 0.3) is 28.9 Å². The Hall–Kier alpha value is -1.96. The summed E-state index contributed by atoms with van der Waals surface area (Å²) in [5, 5.41) is 0. The third kappa shape index (κ3) is 4.37. The summed E-state index contributed by atoms with van der Waals surface area (Å²) in [7, 11) is 0. The fourth-order valence-electron chi connectivity index (χ4n) is 6.44. The molecule has 0 aliphatic heterocycles. The molecule has 0 spiro atoms. The summed E-state index contributed by atoms with van der Waals surface area (Å²) in [5.41, 5.74) is 11.5. The fraction of sp³-hybridized carbons (Fsp3) is 0.125. The predicted molar refractivity (Wildman–Crippen MR) is 162 cm³/mol. The summed E-state index contributed by atoms with van der Waals surface area (Å²) in [6.07, 6.45) is 7.45. The van der Waals surface area contributed by atoms with Gasteiger partial charge in [-0.2, -0.15) is 0 Å². The Morgan fingerprint density at radius 2 is 1.22 bits per heavy atom. The van der Waals surface area contributed by atoms with Gasteiger partial charge in [0.15, 0.2) is 0 Å². The van der Waals surface area contributed by atoms with Gasteiger partial charge in [0, 0.05) is 0 Å². The molecule has 0 aromatic heterocycles. The summed E-state index contributed by atoms with van der Waals surface area (Å²) >= 11 is -3.49. The Bertz CT molecular complexity index is 1530. The third-order valence-corrected chi connectivity index (χ3v) is 25.5. The van der Waals surface area contributed by atoms with Gasteiger partial charge in [0.2, 0.25) is 0 Å². The van der Waals surface area contributed by atoms with E-state index in [1.807, 2.05) is 0 Å². The number of hydrogen-bond acceptors (Lipinski definition) is 0. The van der Waals surface area contributed by atoms with Gasteiger partial charge in [0.25, 0.3) is 0 Å². The van der Waals surface area contributed by atoms with Crippen molar-refractivity contribution in [2.45, 2.75) is 16.5 Å². The van der Waals surface area contributed by atoms with E-state index >= 15 is 0 Å². The van der Waals surface area contributed by atoms with Crippen molar-refractivity contribution in [2.24, 2.45) is 0 Å². The van der Waals surface area contributed by atoms with Crippen LogP contribution in [0, 0.1) is 0 Å². The molecule has 0 nitrogen and oxygen atoms in total. The van der Waals surface area contributed by atoms with Gasteiger partial charge < -0.3 is 0 Å². The summed E-state index contributed by atoms with van der Waals surface area (Å²) in [5.74, 6) is 0. The van der Waals surface area contributed by atoms with Crippen molar-refractivity contribution in [3.8, 4) is 11.1 Å². The van der Waals surface area contributed by atoms with E-state index in [1.54, 1.807) is 0 Å². The fourth-order valence-corrected chi connectivity index (χ4v) is 23.2. The average molecular weight is 607 g/mol. The molecule has 6 rings (SSSR count). The summed E-state index contributed by atoms with van der Waals surface area (Å²) in [4.78, 5) is 0. The van der Waals surface area contributed by atoms with E-state index < -0.39 is 17.4 Å². The van der Waals surface area contributed by atoms with Crippen LogP contribution in [-0.4, -0.2) is 6.88 Å². The molecule has 182 valence electrons. The number of rotatable bonds is 4. The topological polar surface area (TPSA) is 0 Å². The standard InChI is InChI=1S/2C15H11.2CH3.2ClH.H2Si.Zr/c1-2-6-12(7-3-1)14-10-4-8-13-9-5-11-15(13)14;1-2-6-12(7-3-1)15-10-13-8-4-5-9-14(13)11-15;;;;;;/h2*1-11H;2*1H3;2*1H;1H2;. The number of hydrogen-bond donors (Lipinski definition) is 0. The minimum absolute atomic E-state index is 0. The van der Waals surface area contributed by atoms with Gasteiger partial charge in [-0.25, -0.2) is 0 Å². The second-order valence-corrected chi connectivity index (χ2v) is 41.6. The van der Waals surface area contributed by atoms with Crippen LogP contribution >= 0.6 is 24.8 Å². The zero-order valence-corrected chi connectivity index (χ0v) is 26.2. The molecule has 0 heterocycles. The van der Waals surface area contributed by atoms with Crippen LogP contribution in [0.15, 0.2) is 109 Å². The van der Waals surface area contributed by atoms with Gasteiger partial charge in [-0.1, -0.05) is 0 Å². The van der Waals surface area contributed by atoms with Crippen LogP contribution in [0.4, 0.5) is 0 Å². The monoisotopic (exact) mass is 604 g/mol. The first-order valence-electron chi connectivity index (χ1n) is 12.2. The molecule has 4 aromatic rings. The van der Waals surface area contributed by atoms with Gasteiger partial charge in [0.05, 0.1) is 0 Å². The first kappa shape index (κ1) is 27.1. The van der Waals surface area contributed by atoms with E-state index in [-0.39, 0.29) is 24.8 Å². The molecular formula is C32H32Cl2SiZr. The van der Waals surface area contributed by atoms with E-state index in [2.05, 4.69) is 137 Å². The maximum absolute atomic E-state index is 3.49. The van der Waals surface area contributed by atoms with Crippen molar-refractivity contribution >= 4 is 49.4 Å². The molecule has 2 aliphatic carbocycles. The zero-order valence-electron chi connectivity index (χ0n) is 20.7. The minimum atomic E-state index is -3.49. The average Bonchev–Trinajstić information content (AvgIpc) is 3.48. The normalized spacial score (nSPS) is 17.9. The van der Waals surface area contributed by atoms with Crippen LogP contribution < -0.4 is 0 Å². The molecule has 2 aliphatic rings. The molecule has 0 bridgehead atoms. The van der Waals surface area contributed by atoms with Crippen molar-refractivity contribution in [1.82, 2.24) is 0 Å². The van der Waals surface area contributed by atoms with Crippen LogP contribution in [0.3, 0.4) is 0 Å². The second kappa shape index (κ2) is 10.1. The molecule has 0 saturated heterocycles. The molecule has 0 fully saturated rings. The van der Waals surface area contributed by atoms with Gasteiger partial charge >= 0.3 is 207 Å². The molecule has 0 radical (unpaired) electrons. The summed E-state index contributed by atoms with van der Waals surface area (Å²) < 4.78 is 6.41. The van der Waals surface area contributed by atoms with Gasteiger partial charge in [0.1, 0.15) is 0 Å². The van der Waals surface area contributed by atoms with E-state index in [9.17, 15) is 0 Å². The first-order chi connectivity index (χ1) is 16.4. The Morgan fingerprint density at radius 1 is 0.639 bits per heavy atom. The van der Waals surface area contributed by atoms with Gasteiger partial charge in [-0.3, -0.25) is 0 Å². The van der Waals surface area contributed by atoms with Crippen molar-refractivity contribution in [1.29, 1.82) is 0 Å². The van der Waals surface area contributed by atoms with Crippen molar-refractivity contribution < 1.29 is 17.4 Å². The van der Waals surface area contributed by atoms with Crippen molar-refractivity contribution in [3.63, 3.8) is 0 Å². The van der Waals surface area contributed by atoms with E-state index in [0.717, 1.165) is 0 Å². The first-order valence-corrected chi connectivity index (χ1v) is 25.9. The summed E-state index contributed by atoms with van der Waals surface area (Å²) in [6, 6.07) is 38.0. The molecule has 0 saturated carbocycles. The SMILES string of the molecule is Cl.Cl.[CH3][Zr]([CH3])(=[SiH2])([CH]1C=Cc2c(-c3ccccc3)cccc21)[CH]1C(c2ccccc2)=Cc2ccccc21. The molecule has 0 N–H and O–H groups in total. The Morgan fingerprint density at radius 3 is 1.92 bits per heavy atom. The van der Waals surface area contributed by atoms with Crippen LogP contribution in [-0.2, 0) is 17.4 Å². The van der Waals surface area contributed by atoms with Crippen LogP contribution in [0.2, 0.25) is 9.26 Å². The molecule has 2 unspecified atom stereocenters. The molecule has 2 atom stereocenters. The van der Waals surface area contributed by atoms with Crippen molar-refractivity contribution in [2.75, 3.05) is 0 Å². The quantitative estimate of drug-likeness (QED) is 0.204. The van der Waals surface area contributed by atoms with Gasteiger partial charge in [-0.15, -0.1) is 24.8 Å². The summed E-state index contributed by atoms with van der Waals surface area (Å²) in [6.45, 7) is 2.40. The second-order valence-electron chi connectivity index (χ2n) is 11.0. The molecular weight excluding hydrogens is 575 g/mol. The van der Waals surface area contributed by atoms with E-state index in [1.165, 1.54) is 44.5 Å². The predicted octanol–water partition coefficient (Wildman–Crippen LogP) is 8.89. The zero-order chi connectivity index (χ0) is 23.4. The maximum atomic E-state index is 2.70. The third-order valence-electron chi connectivity index (χ3n) is 8.02. The number of halogens is 2. The molecule has 0 amide bonds. The molecule has 4 aromatic carbocycles. The Kier molecular flexibility index (Phi) is 7.58. The van der Waals surface area contributed by atoms with Crippen LogP contribution in [0.5, 0.6) is 0 Å². The number of fused-ring (bicyclic) bond motifs is 2. The number of allylic oxidation sites excluding steroid dienone is 2.